The van der Waals surface area contributed by atoms with Crippen molar-refractivity contribution >= 4 is 0 Å². The quantitative estimate of drug-likeness (QED) is 0.0879. The van der Waals surface area contributed by atoms with Crippen LogP contribution < -0.4 is 4.74 Å². The molecule has 4 heteroatoms. The van der Waals surface area contributed by atoms with Gasteiger partial charge < -0.3 is 18.7 Å². The zero-order valence-corrected chi connectivity index (χ0v) is 27.3. The summed E-state index contributed by atoms with van der Waals surface area (Å²) in [6.45, 7) is 10.3. The maximum absolute atomic E-state index is 6.38. The highest BCUT2D eigenvalue weighted by molar-refractivity contribution is 5.30. The van der Waals surface area contributed by atoms with Crippen molar-refractivity contribution in [3.05, 3.63) is 29.8 Å². The fourth-order valence-corrected chi connectivity index (χ4v) is 5.84. The molecule has 1 aromatic carbocycles. The Bertz CT molecular complexity index is 734. The van der Waals surface area contributed by atoms with Crippen LogP contribution in [0.1, 0.15) is 148 Å². The van der Waals surface area contributed by atoms with Crippen LogP contribution >= 0.6 is 0 Å². The normalized spacial score (nSPS) is 19.4. The van der Waals surface area contributed by atoms with Gasteiger partial charge in [0.25, 0.3) is 0 Å². The second-order valence-electron chi connectivity index (χ2n) is 13.2. The monoisotopic (exact) mass is 561 g/mol. The third kappa shape index (κ3) is 15.2. The first-order valence-electron chi connectivity index (χ1n) is 17.3. The number of unbranched alkanes of at least 4 members (excludes halogenated alkanes) is 16. The van der Waals surface area contributed by atoms with Crippen molar-refractivity contribution in [2.75, 3.05) is 40.4 Å². The lowest BCUT2D eigenvalue weighted by Gasteiger charge is -2.29. The standard InChI is InChI=1S/C36H66NO3/c1-6-8-10-12-14-16-17-19-21-23-29-37(4,5)30-31-38-34-27-25-33(26-28-34)36(3)39-32-35(40-36)24-22-20-18-15-13-11-9-7-2/h25-28,35H,6-24,29-32H2,1-5H3/q+1. The Balaban J connectivity index is 1.56. The van der Waals surface area contributed by atoms with Crippen molar-refractivity contribution in [2.45, 2.75) is 155 Å². The Morgan fingerprint density at radius 2 is 1.20 bits per heavy atom. The average Bonchev–Trinajstić information content (AvgIpc) is 3.33. The molecule has 232 valence electrons. The predicted molar refractivity (Wildman–Crippen MR) is 171 cm³/mol. The first-order chi connectivity index (χ1) is 19.4. The lowest BCUT2D eigenvalue weighted by atomic mass is 10.1. The molecule has 2 rings (SSSR count). The summed E-state index contributed by atoms with van der Waals surface area (Å²) < 4.78 is 19.7. The summed E-state index contributed by atoms with van der Waals surface area (Å²) in [7, 11) is 4.67. The van der Waals surface area contributed by atoms with Crippen molar-refractivity contribution in [3.63, 3.8) is 0 Å². The minimum absolute atomic E-state index is 0.205. The van der Waals surface area contributed by atoms with E-state index in [1.165, 1.54) is 122 Å². The molecule has 0 bridgehead atoms. The number of likely N-dealkylation sites (N-methyl/N-ethyl adjacent to an activating group) is 1. The summed E-state index contributed by atoms with van der Waals surface area (Å²) in [4.78, 5) is 0. The molecule has 0 saturated carbocycles. The summed E-state index contributed by atoms with van der Waals surface area (Å²) >= 11 is 0. The van der Waals surface area contributed by atoms with Gasteiger partial charge >= 0.3 is 0 Å². The maximum atomic E-state index is 6.38. The molecule has 0 aliphatic carbocycles. The Labute approximate surface area is 249 Å². The summed E-state index contributed by atoms with van der Waals surface area (Å²) in [5, 5.41) is 0. The number of quaternary nitrogens is 1. The molecule has 1 aliphatic heterocycles. The third-order valence-electron chi connectivity index (χ3n) is 8.78. The minimum Gasteiger partial charge on any atom is -0.488 e. The number of rotatable bonds is 25. The second kappa shape index (κ2) is 20.7. The van der Waals surface area contributed by atoms with E-state index in [0.29, 0.717) is 6.61 Å². The smallest absolute Gasteiger partial charge is 0.192 e. The fourth-order valence-electron chi connectivity index (χ4n) is 5.84. The Morgan fingerprint density at radius 3 is 1.75 bits per heavy atom. The van der Waals surface area contributed by atoms with E-state index in [1.54, 1.807) is 0 Å². The maximum Gasteiger partial charge on any atom is 0.192 e. The number of hydrogen-bond donors (Lipinski definition) is 0. The summed E-state index contributed by atoms with van der Waals surface area (Å²) in [6, 6.07) is 8.36. The number of ether oxygens (including phenoxy) is 3. The van der Waals surface area contributed by atoms with Gasteiger partial charge in [-0.3, -0.25) is 0 Å². The van der Waals surface area contributed by atoms with Gasteiger partial charge in [0.15, 0.2) is 5.79 Å². The molecule has 1 saturated heterocycles. The van der Waals surface area contributed by atoms with Crippen LogP contribution in [0, 0.1) is 0 Å². The van der Waals surface area contributed by atoms with Crippen LogP contribution in [-0.4, -0.2) is 51.0 Å². The molecule has 0 spiro atoms. The van der Waals surface area contributed by atoms with Crippen LogP contribution in [0.3, 0.4) is 0 Å². The minimum atomic E-state index is -0.642. The van der Waals surface area contributed by atoms with Crippen molar-refractivity contribution in [2.24, 2.45) is 0 Å². The van der Waals surface area contributed by atoms with Crippen LogP contribution in [0.25, 0.3) is 0 Å². The molecule has 1 fully saturated rings. The highest BCUT2D eigenvalue weighted by Crippen LogP contribution is 2.36. The molecule has 4 nitrogen and oxygen atoms in total. The number of hydrogen-bond acceptors (Lipinski definition) is 3. The Kier molecular flexibility index (Phi) is 18.2. The zero-order chi connectivity index (χ0) is 28.9. The molecule has 2 atom stereocenters. The summed E-state index contributed by atoms with van der Waals surface area (Å²) in [5.74, 6) is 0.289. The Hall–Kier alpha value is -1.10. The second-order valence-corrected chi connectivity index (χ2v) is 13.2. The first kappa shape index (κ1) is 35.1. The van der Waals surface area contributed by atoms with E-state index in [1.807, 2.05) is 0 Å². The van der Waals surface area contributed by atoms with E-state index in [9.17, 15) is 0 Å². The van der Waals surface area contributed by atoms with Crippen LogP contribution in [0.5, 0.6) is 5.75 Å². The largest absolute Gasteiger partial charge is 0.488 e. The fraction of sp³-hybridized carbons (Fsp3) is 0.833. The van der Waals surface area contributed by atoms with E-state index in [-0.39, 0.29) is 6.10 Å². The van der Waals surface area contributed by atoms with Crippen LogP contribution in [-0.2, 0) is 15.3 Å². The van der Waals surface area contributed by atoms with E-state index in [2.05, 4.69) is 59.1 Å². The topological polar surface area (TPSA) is 27.7 Å². The third-order valence-corrected chi connectivity index (χ3v) is 8.78. The van der Waals surface area contributed by atoms with Crippen LogP contribution in [0.15, 0.2) is 24.3 Å². The summed E-state index contributed by atoms with van der Waals surface area (Å²) in [5.41, 5.74) is 1.08. The molecular weight excluding hydrogens is 494 g/mol. The predicted octanol–water partition coefficient (Wildman–Crippen LogP) is 10.2. The van der Waals surface area contributed by atoms with Crippen LogP contribution in [0.4, 0.5) is 0 Å². The van der Waals surface area contributed by atoms with Crippen molar-refractivity contribution in [1.82, 2.24) is 0 Å². The molecular formula is C36H66NO3+. The molecule has 1 heterocycles. The van der Waals surface area contributed by atoms with Gasteiger partial charge in [0, 0.05) is 5.56 Å². The Morgan fingerprint density at radius 1 is 0.700 bits per heavy atom. The molecule has 2 unspecified atom stereocenters. The van der Waals surface area contributed by atoms with E-state index >= 15 is 0 Å². The van der Waals surface area contributed by atoms with Gasteiger partial charge in [-0.1, -0.05) is 117 Å². The van der Waals surface area contributed by atoms with E-state index in [4.69, 9.17) is 14.2 Å². The highest BCUT2D eigenvalue weighted by atomic mass is 16.7. The van der Waals surface area contributed by atoms with Gasteiger partial charge in [0.2, 0.25) is 0 Å². The molecule has 1 aliphatic rings. The average molecular weight is 561 g/mol. The molecule has 0 N–H and O–H groups in total. The van der Waals surface area contributed by atoms with Crippen molar-refractivity contribution in [1.29, 1.82) is 0 Å². The van der Waals surface area contributed by atoms with E-state index in [0.717, 1.165) is 35.4 Å². The van der Waals surface area contributed by atoms with Crippen molar-refractivity contribution < 1.29 is 18.7 Å². The van der Waals surface area contributed by atoms with Gasteiger partial charge in [-0.2, -0.15) is 0 Å². The molecule has 0 amide bonds. The lowest BCUT2D eigenvalue weighted by Crippen LogP contribution is -2.43. The molecule has 1 aromatic rings. The van der Waals surface area contributed by atoms with Gasteiger partial charge in [-0.05, 0) is 50.5 Å². The highest BCUT2D eigenvalue weighted by Gasteiger charge is 2.38. The molecule has 0 aromatic heterocycles. The summed E-state index contributed by atoms with van der Waals surface area (Å²) in [6.07, 6.45) is 26.0. The van der Waals surface area contributed by atoms with Crippen LogP contribution in [0.2, 0.25) is 0 Å². The SMILES string of the molecule is CCCCCCCCCCCC[N+](C)(C)CCOc1ccc(C2(C)OCC(CCCCCCCCCC)O2)cc1. The molecule has 0 radical (unpaired) electrons. The lowest BCUT2D eigenvalue weighted by molar-refractivity contribution is -0.890. The van der Waals surface area contributed by atoms with Gasteiger partial charge in [-0.15, -0.1) is 0 Å². The van der Waals surface area contributed by atoms with E-state index < -0.39 is 5.79 Å². The molecule has 40 heavy (non-hydrogen) atoms. The van der Waals surface area contributed by atoms with Crippen molar-refractivity contribution in [3.8, 4) is 5.75 Å². The van der Waals surface area contributed by atoms with Gasteiger partial charge in [0.05, 0.1) is 33.4 Å². The first-order valence-corrected chi connectivity index (χ1v) is 17.3. The van der Waals surface area contributed by atoms with Gasteiger partial charge in [-0.25, -0.2) is 0 Å². The number of benzene rings is 1. The zero-order valence-electron chi connectivity index (χ0n) is 27.3. The van der Waals surface area contributed by atoms with Gasteiger partial charge in [0.1, 0.15) is 18.9 Å². The number of nitrogens with zero attached hydrogens (tertiary/aromatic N) is 1.